The monoisotopic (exact) mass is 290 g/mol. The average molecular weight is 290 g/mol. The molecule has 1 aromatic heterocycles. The Balaban J connectivity index is 1.54. The second-order valence-corrected chi connectivity index (χ2v) is 5.95. The number of amides is 1. The number of hydrogen-bond donors (Lipinski definition) is 1. The normalized spacial score (nSPS) is 21.6. The molecule has 0 aliphatic carbocycles. The zero-order valence-electron chi connectivity index (χ0n) is 12.7. The molecule has 1 N–H and O–H groups in total. The first-order valence-electron chi connectivity index (χ1n) is 7.91. The van der Waals surface area contributed by atoms with Gasteiger partial charge in [0.25, 0.3) is 5.91 Å². The van der Waals surface area contributed by atoms with Gasteiger partial charge in [0.1, 0.15) is 0 Å². The number of nitrogens with one attached hydrogen (secondary N) is 1. The first kappa shape index (κ1) is 14.3. The molecule has 114 valence electrons. The van der Waals surface area contributed by atoms with Crippen molar-refractivity contribution in [2.24, 2.45) is 0 Å². The highest BCUT2D eigenvalue weighted by Gasteiger charge is 2.33. The Morgan fingerprint density at radius 2 is 1.76 bits per heavy atom. The molecule has 2 saturated heterocycles. The maximum atomic E-state index is 12.5. The van der Waals surface area contributed by atoms with Crippen molar-refractivity contribution in [1.29, 1.82) is 0 Å². The van der Waals surface area contributed by atoms with Crippen molar-refractivity contribution in [3.05, 3.63) is 18.5 Å². The van der Waals surface area contributed by atoms with E-state index in [-0.39, 0.29) is 6.04 Å². The third-order valence-corrected chi connectivity index (χ3v) is 4.64. The van der Waals surface area contributed by atoms with Crippen LogP contribution in [0.15, 0.2) is 18.5 Å². The van der Waals surface area contributed by atoms with Crippen LogP contribution in [0.3, 0.4) is 0 Å². The summed E-state index contributed by atoms with van der Waals surface area (Å²) in [6, 6.07) is 1.91. The van der Waals surface area contributed by atoms with Crippen molar-refractivity contribution in [2.75, 3.05) is 44.2 Å². The summed E-state index contributed by atoms with van der Waals surface area (Å²) >= 11 is 0. The minimum atomic E-state index is 0.0712. The minimum absolute atomic E-state index is 0.0712. The first-order chi connectivity index (χ1) is 10.3. The van der Waals surface area contributed by atoms with Gasteiger partial charge < -0.3 is 14.7 Å². The van der Waals surface area contributed by atoms with E-state index in [1.165, 1.54) is 4.90 Å². The van der Waals surface area contributed by atoms with Gasteiger partial charge in [-0.15, -0.1) is 0 Å². The SMILES string of the molecule is C[C@@H](C(=O)N1CCCC1)[NH+]1CCN(c2ncccn2)CC1. The van der Waals surface area contributed by atoms with Crippen LogP contribution in [0.25, 0.3) is 0 Å². The second kappa shape index (κ2) is 6.39. The molecule has 3 rings (SSSR count). The highest BCUT2D eigenvalue weighted by atomic mass is 16.2. The number of quaternary nitrogens is 1. The summed E-state index contributed by atoms with van der Waals surface area (Å²) < 4.78 is 0. The number of nitrogens with zero attached hydrogens (tertiary/aromatic N) is 4. The van der Waals surface area contributed by atoms with Crippen molar-refractivity contribution in [3.8, 4) is 0 Å². The fourth-order valence-electron chi connectivity index (χ4n) is 3.27. The van der Waals surface area contributed by atoms with Gasteiger partial charge in [0.05, 0.1) is 26.2 Å². The Bertz CT molecular complexity index is 466. The van der Waals surface area contributed by atoms with Gasteiger partial charge in [0, 0.05) is 25.5 Å². The van der Waals surface area contributed by atoms with Crippen molar-refractivity contribution >= 4 is 11.9 Å². The molecule has 2 aliphatic heterocycles. The van der Waals surface area contributed by atoms with Crippen LogP contribution in [0.4, 0.5) is 5.95 Å². The molecule has 3 heterocycles. The van der Waals surface area contributed by atoms with E-state index in [9.17, 15) is 4.79 Å². The summed E-state index contributed by atoms with van der Waals surface area (Å²) in [6.07, 6.45) is 5.88. The summed E-state index contributed by atoms with van der Waals surface area (Å²) in [5, 5.41) is 0. The standard InChI is InChI=1S/C15H23N5O/c1-13(14(21)19-7-2-3-8-19)18-9-11-20(12-10-18)15-16-5-4-6-17-15/h4-6,13H,2-3,7-12H2,1H3/p+1/t13-/m0/s1. The summed E-state index contributed by atoms with van der Waals surface area (Å²) in [5.74, 6) is 1.13. The smallest absolute Gasteiger partial charge is 0.280 e. The molecule has 6 heteroatoms. The number of anilines is 1. The Morgan fingerprint density at radius 1 is 1.14 bits per heavy atom. The van der Waals surface area contributed by atoms with Gasteiger partial charge in [-0.1, -0.05) is 0 Å². The van der Waals surface area contributed by atoms with Gasteiger partial charge in [-0.3, -0.25) is 4.79 Å². The largest absolute Gasteiger partial charge is 0.338 e. The Labute approximate surface area is 125 Å². The molecule has 1 amide bonds. The molecule has 0 radical (unpaired) electrons. The molecule has 6 nitrogen and oxygen atoms in total. The van der Waals surface area contributed by atoms with Crippen LogP contribution >= 0.6 is 0 Å². The van der Waals surface area contributed by atoms with Crippen LogP contribution in [0.5, 0.6) is 0 Å². The molecule has 2 fully saturated rings. The van der Waals surface area contributed by atoms with E-state index in [0.29, 0.717) is 5.91 Å². The lowest BCUT2D eigenvalue weighted by Crippen LogP contribution is -3.19. The highest BCUT2D eigenvalue weighted by molar-refractivity contribution is 5.80. The lowest BCUT2D eigenvalue weighted by molar-refractivity contribution is -0.915. The molecule has 0 saturated carbocycles. The van der Waals surface area contributed by atoms with Crippen LogP contribution in [-0.2, 0) is 4.79 Å². The van der Waals surface area contributed by atoms with E-state index in [1.54, 1.807) is 12.4 Å². The number of piperazine rings is 1. The van der Waals surface area contributed by atoms with E-state index >= 15 is 0 Å². The van der Waals surface area contributed by atoms with Gasteiger partial charge in [-0.2, -0.15) is 0 Å². The lowest BCUT2D eigenvalue weighted by atomic mass is 10.2. The predicted molar refractivity (Wildman–Crippen MR) is 80.2 cm³/mol. The van der Waals surface area contributed by atoms with E-state index < -0.39 is 0 Å². The van der Waals surface area contributed by atoms with E-state index in [1.807, 2.05) is 11.0 Å². The number of likely N-dealkylation sites (tertiary alicyclic amines) is 1. The maximum absolute atomic E-state index is 12.5. The van der Waals surface area contributed by atoms with E-state index in [0.717, 1.165) is 58.1 Å². The van der Waals surface area contributed by atoms with Crippen molar-refractivity contribution in [1.82, 2.24) is 14.9 Å². The van der Waals surface area contributed by atoms with Crippen molar-refractivity contribution in [3.63, 3.8) is 0 Å². The minimum Gasteiger partial charge on any atom is -0.338 e. The maximum Gasteiger partial charge on any atom is 0.280 e. The zero-order valence-corrected chi connectivity index (χ0v) is 12.7. The van der Waals surface area contributed by atoms with Gasteiger partial charge in [0.15, 0.2) is 6.04 Å². The summed E-state index contributed by atoms with van der Waals surface area (Å²) in [6.45, 7) is 7.73. The highest BCUT2D eigenvalue weighted by Crippen LogP contribution is 2.09. The Hall–Kier alpha value is -1.69. The van der Waals surface area contributed by atoms with Crippen molar-refractivity contribution < 1.29 is 9.69 Å². The molecule has 2 aliphatic rings. The average Bonchev–Trinajstić information content (AvgIpc) is 3.09. The van der Waals surface area contributed by atoms with Crippen LogP contribution in [0.2, 0.25) is 0 Å². The molecular weight excluding hydrogens is 266 g/mol. The third kappa shape index (κ3) is 3.15. The summed E-state index contributed by atoms with van der Waals surface area (Å²) in [5.41, 5.74) is 0. The Morgan fingerprint density at radius 3 is 2.38 bits per heavy atom. The number of hydrogen-bond acceptors (Lipinski definition) is 4. The van der Waals surface area contributed by atoms with Crippen molar-refractivity contribution in [2.45, 2.75) is 25.8 Å². The van der Waals surface area contributed by atoms with Crippen LogP contribution < -0.4 is 9.80 Å². The summed E-state index contributed by atoms with van der Waals surface area (Å²) in [7, 11) is 0. The number of carbonyl (C=O) groups is 1. The molecule has 1 atom stereocenters. The number of rotatable bonds is 3. The topological polar surface area (TPSA) is 53.8 Å². The molecule has 0 spiro atoms. The quantitative estimate of drug-likeness (QED) is 0.791. The first-order valence-corrected chi connectivity index (χ1v) is 7.91. The third-order valence-electron chi connectivity index (χ3n) is 4.64. The number of aromatic nitrogens is 2. The molecule has 0 bridgehead atoms. The zero-order chi connectivity index (χ0) is 14.7. The molecule has 1 aromatic rings. The van der Waals surface area contributed by atoms with Gasteiger partial charge >= 0.3 is 0 Å². The molecular formula is C15H24N5O+. The number of carbonyl (C=O) groups excluding carboxylic acids is 1. The molecule has 0 unspecified atom stereocenters. The van der Waals surface area contributed by atoms with Crippen LogP contribution in [-0.4, -0.2) is 66.1 Å². The fourth-order valence-corrected chi connectivity index (χ4v) is 3.27. The van der Waals surface area contributed by atoms with Gasteiger partial charge in [0.2, 0.25) is 5.95 Å². The summed E-state index contributed by atoms with van der Waals surface area (Å²) in [4.78, 5) is 26.7. The lowest BCUT2D eigenvalue weighted by Gasteiger charge is -2.35. The predicted octanol–water partition coefficient (Wildman–Crippen LogP) is -0.808. The van der Waals surface area contributed by atoms with E-state index in [4.69, 9.17) is 0 Å². The Kier molecular flexibility index (Phi) is 4.34. The van der Waals surface area contributed by atoms with Gasteiger partial charge in [-0.25, -0.2) is 9.97 Å². The van der Waals surface area contributed by atoms with Crippen LogP contribution in [0, 0.1) is 0 Å². The fraction of sp³-hybridized carbons (Fsp3) is 0.667. The molecule has 21 heavy (non-hydrogen) atoms. The molecule has 0 aromatic carbocycles. The second-order valence-electron chi connectivity index (χ2n) is 5.95. The van der Waals surface area contributed by atoms with Crippen LogP contribution in [0.1, 0.15) is 19.8 Å². The van der Waals surface area contributed by atoms with E-state index in [2.05, 4.69) is 21.8 Å². The van der Waals surface area contributed by atoms with Gasteiger partial charge in [-0.05, 0) is 25.8 Å².